The van der Waals surface area contributed by atoms with Crippen molar-refractivity contribution in [1.82, 2.24) is 10.2 Å². The quantitative estimate of drug-likeness (QED) is 0.694. The van der Waals surface area contributed by atoms with Gasteiger partial charge in [0.15, 0.2) is 0 Å². The zero-order chi connectivity index (χ0) is 16.9. The van der Waals surface area contributed by atoms with E-state index in [4.69, 9.17) is 9.47 Å². The highest BCUT2D eigenvalue weighted by Crippen LogP contribution is 2.19. The highest BCUT2D eigenvalue weighted by Gasteiger charge is 2.39. The monoisotopic (exact) mass is 316 g/mol. The van der Waals surface area contributed by atoms with Gasteiger partial charge in [0.05, 0.1) is 12.6 Å². The zero-order valence-electron chi connectivity index (χ0n) is 13.4. The van der Waals surface area contributed by atoms with Crippen LogP contribution in [-0.2, 0) is 19.1 Å². The van der Waals surface area contributed by atoms with Gasteiger partial charge in [0.2, 0.25) is 0 Å². The number of esters is 1. The zero-order valence-corrected chi connectivity index (χ0v) is 13.4. The van der Waals surface area contributed by atoms with Crippen LogP contribution in [0.25, 0.3) is 0 Å². The molecule has 0 aromatic carbocycles. The molecule has 2 atom stereocenters. The third-order valence-electron chi connectivity index (χ3n) is 2.99. The van der Waals surface area contributed by atoms with Gasteiger partial charge in [0, 0.05) is 13.0 Å². The van der Waals surface area contributed by atoms with Crippen molar-refractivity contribution in [1.29, 1.82) is 0 Å². The van der Waals surface area contributed by atoms with Crippen molar-refractivity contribution in [2.24, 2.45) is 0 Å². The number of aliphatic hydroxyl groups is 1. The van der Waals surface area contributed by atoms with Crippen molar-refractivity contribution in [3.05, 3.63) is 0 Å². The van der Waals surface area contributed by atoms with E-state index in [9.17, 15) is 19.5 Å². The van der Waals surface area contributed by atoms with Crippen molar-refractivity contribution in [3.8, 4) is 0 Å². The number of carbonyl (C=O) groups excluding carboxylic acids is 3. The van der Waals surface area contributed by atoms with Gasteiger partial charge in [-0.15, -0.1) is 0 Å². The average Bonchev–Trinajstić information content (AvgIpc) is 2.62. The molecule has 1 saturated heterocycles. The Morgan fingerprint density at radius 1 is 1.41 bits per heavy atom. The fraction of sp³-hybridized carbons (Fsp3) is 0.786. The Morgan fingerprint density at radius 2 is 2.05 bits per heavy atom. The molecule has 2 N–H and O–H groups in total. The molecule has 0 radical (unpaired) electrons. The molecule has 0 bridgehead atoms. The van der Waals surface area contributed by atoms with Gasteiger partial charge in [-0.05, 0) is 27.7 Å². The second kappa shape index (κ2) is 7.44. The normalized spacial score (nSPS) is 21.7. The molecule has 1 heterocycles. The first-order valence-electron chi connectivity index (χ1n) is 7.25. The minimum absolute atomic E-state index is 0.0944. The largest absolute Gasteiger partial charge is 0.465 e. The number of aliphatic hydroxyl groups excluding tert-OH is 1. The van der Waals surface area contributed by atoms with Crippen molar-refractivity contribution >= 4 is 18.0 Å². The van der Waals surface area contributed by atoms with E-state index in [0.717, 1.165) is 0 Å². The van der Waals surface area contributed by atoms with Crippen molar-refractivity contribution in [2.45, 2.75) is 51.9 Å². The minimum Gasteiger partial charge on any atom is -0.465 e. The summed E-state index contributed by atoms with van der Waals surface area (Å²) in [4.78, 5) is 36.2. The molecule has 0 aromatic rings. The molecule has 1 rings (SSSR count). The van der Waals surface area contributed by atoms with Crippen LogP contribution in [-0.4, -0.2) is 65.4 Å². The van der Waals surface area contributed by atoms with E-state index in [1.165, 1.54) is 4.90 Å². The molecule has 0 aromatic heterocycles. The number of hydrogen-bond donors (Lipinski definition) is 2. The number of ether oxygens (including phenoxy) is 2. The number of likely N-dealkylation sites (tertiary alicyclic amines) is 1. The predicted molar refractivity (Wildman–Crippen MR) is 77.0 cm³/mol. The molecule has 126 valence electrons. The predicted octanol–water partition coefficient (Wildman–Crippen LogP) is 0.0360. The summed E-state index contributed by atoms with van der Waals surface area (Å²) in [6.45, 7) is 6.94. The summed E-state index contributed by atoms with van der Waals surface area (Å²) in [5.74, 6) is -1.09. The number of amides is 2. The van der Waals surface area contributed by atoms with E-state index >= 15 is 0 Å². The number of nitrogens with one attached hydrogen (secondary N) is 1. The highest BCUT2D eigenvalue weighted by atomic mass is 16.6. The summed E-state index contributed by atoms with van der Waals surface area (Å²) in [7, 11) is 0. The van der Waals surface area contributed by atoms with E-state index in [1.54, 1.807) is 27.7 Å². The summed E-state index contributed by atoms with van der Waals surface area (Å²) in [6, 6.07) is -0.473. The van der Waals surface area contributed by atoms with Crippen LogP contribution in [0.2, 0.25) is 0 Å². The molecule has 0 spiro atoms. The molecule has 1 aliphatic heterocycles. The third-order valence-corrected chi connectivity index (χ3v) is 2.99. The SMILES string of the molecule is CCOC(=O)CN1C(=O)[C@@H](O)C[C@@H]1CNC(=O)OC(C)(C)C. The van der Waals surface area contributed by atoms with E-state index in [0.29, 0.717) is 0 Å². The lowest BCUT2D eigenvalue weighted by atomic mass is 10.2. The topological polar surface area (TPSA) is 105 Å². The van der Waals surface area contributed by atoms with Crippen LogP contribution in [0.3, 0.4) is 0 Å². The Bertz CT molecular complexity index is 432. The molecule has 22 heavy (non-hydrogen) atoms. The minimum atomic E-state index is -1.17. The number of alkyl carbamates (subject to hydrolysis) is 1. The molecule has 2 amide bonds. The first-order chi connectivity index (χ1) is 10.1. The van der Waals surface area contributed by atoms with Gasteiger partial charge in [0.1, 0.15) is 18.2 Å². The third kappa shape index (κ3) is 5.51. The van der Waals surface area contributed by atoms with Crippen LogP contribution in [0.5, 0.6) is 0 Å². The van der Waals surface area contributed by atoms with Gasteiger partial charge >= 0.3 is 12.1 Å². The molecule has 1 aliphatic rings. The average molecular weight is 316 g/mol. The standard InChI is InChI=1S/C14H24N2O6/c1-5-21-11(18)8-16-9(6-10(17)12(16)19)7-15-13(20)22-14(2,3)4/h9-10,17H,5-8H2,1-4H3,(H,15,20)/t9-,10+/m1/s1. The Labute approximate surface area is 129 Å². The number of hydrogen-bond acceptors (Lipinski definition) is 6. The van der Waals surface area contributed by atoms with Gasteiger partial charge in [-0.3, -0.25) is 9.59 Å². The highest BCUT2D eigenvalue weighted by molar-refractivity contribution is 5.87. The van der Waals surface area contributed by atoms with Gasteiger partial charge in [-0.1, -0.05) is 0 Å². The van der Waals surface area contributed by atoms with Crippen molar-refractivity contribution < 1.29 is 29.0 Å². The van der Waals surface area contributed by atoms with Gasteiger partial charge in [-0.2, -0.15) is 0 Å². The Hall–Kier alpha value is -1.83. The maximum atomic E-state index is 11.9. The molecule has 0 aliphatic carbocycles. The fourth-order valence-electron chi connectivity index (χ4n) is 2.12. The van der Waals surface area contributed by atoms with E-state index in [-0.39, 0.29) is 26.1 Å². The summed E-state index contributed by atoms with van der Waals surface area (Å²) in [5.41, 5.74) is -0.625. The maximum Gasteiger partial charge on any atom is 0.407 e. The van der Waals surface area contributed by atoms with E-state index in [1.807, 2.05) is 0 Å². The summed E-state index contributed by atoms with van der Waals surface area (Å²) in [5, 5.41) is 12.2. The van der Waals surface area contributed by atoms with Crippen LogP contribution in [0.4, 0.5) is 4.79 Å². The molecular weight excluding hydrogens is 292 g/mol. The van der Waals surface area contributed by atoms with E-state index < -0.39 is 35.7 Å². The Kier molecular flexibility index (Phi) is 6.16. The van der Waals surface area contributed by atoms with Crippen LogP contribution >= 0.6 is 0 Å². The molecule has 8 nitrogen and oxygen atoms in total. The summed E-state index contributed by atoms with van der Waals surface area (Å²) >= 11 is 0. The lowest BCUT2D eigenvalue weighted by molar-refractivity contribution is -0.149. The summed E-state index contributed by atoms with van der Waals surface area (Å²) in [6.07, 6.45) is -1.63. The van der Waals surface area contributed by atoms with Gasteiger partial charge < -0.3 is 24.8 Å². The summed E-state index contributed by atoms with van der Waals surface area (Å²) < 4.78 is 9.90. The molecule has 0 saturated carbocycles. The van der Waals surface area contributed by atoms with E-state index in [2.05, 4.69) is 5.32 Å². The number of nitrogens with zero attached hydrogens (tertiary/aromatic N) is 1. The van der Waals surface area contributed by atoms with Crippen molar-refractivity contribution in [3.63, 3.8) is 0 Å². The maximum absolute atomic E-state index is 11.9. The second-order valence-corrected chi connectivity index (χ2v) is 6.06. The van der Waals surface area contributed by atoms with Crippen molar-refractivity contribution in [2.75, 3.05) is 19.7 Å². The first kappa shape index (κ1) is 18.2. The fourth-order valence-corrected chi connectivity index (χ4v) is 2.12. The van der Waals surface area contributed by atoms with Gasteiger partial charge in [0.25, 0.3) is 5.91 Å². The molecule has 8 heteroatoms. The van der Waals surface area contributed by atoms with Crippen LogP contribution in [0.1, 0.15) is 34.1 Å². The van der Waals surface area contributed by atoms with Gasteiger partial charge in [-0.25, -0.2) is 4.79 Å². The Balaban J connectivity index is 2.57. The number of rotatable bonds is 5. The first-order valence-corrected chi connectivity index (χ1v) is 7.25. The molecule has 1 fully saturated rings. The molecular formula is C14H24N2O6. The lowest BCUT2D eigenvalue weighted by Gasteiger charge is -2.25. The second-order valence-electron chi connectivity index (χ2n) is 6.06. The van der Waals surface area contributed by atoms with Crippen LogP contribution in [0.15, 0.2) is 0 Å². The van der Waals surface area contributed by atoms with Crippen LogP contribution < -0.4 is 5.32 Å². The smallest absolute Gasteiger partial charge is 0.407 e. The molecule has 0 unspecified atom stereocenters. The number of carbonyl (C=O) groups is 3. The lowest BCUT2D eigenvalue weighted by Crippen LogP contribution is -2.45. The van der Waals surface area contributed by atoms with Crippen LogP contribution in [0, 0.1) is 0 Å². The Morgan fingerprint density at radius 3 is 2.59 bits per heavy atom.